The van der Waals surface area contributed by atoms with Crippen molar-refractivity contribution in [3.63, 3.8) is 0 Å². The Morgan fingerprint density at radius 3 is 2.83 bits per heavy atom. The first-order valence-corrected chi connectivity index (χ1v) is 6.52. The van der Waals surface area contributed by atoms with E-state index in [4.69, 9.17) is 5.73 Å². The Kier molecular flexibility index (Phi) is 2.70. The smallest absolute Gasteiger partial charge is 0.0951 e. The average Bonchev–Trinajstić information content (AvgIpc) is 2.94. The molecule has 1 fully saturated rings. The monoisotopic (exact) mass is 245 g/mol. The van der Waals surface area contributed by atoms with Gasteiger partial charge in [-0.15, -0.1) is 0 Å². The van der Waals surface area contributed by atoms with Crippen LogP contribution in [0.25, 0.3) is 11.3 Å². The predicted octanol–water partition coefficient (Wildman–Crippen LogP) is 1.65. The standard InChI is InChI=1S/C13H19N5/c1-2-18-8-11(6-16-18)12-7-15-10-17(12)9-13(14)4-3-5-13/h6-8,10H,2-5,9,14H2,1H3. The summed E-state index contributed by atoms with van der Waals surface area (Å²) in [5.41, 5.74) is 8.48. The molecule has 5 heteroatoms. The fraction of sp³-hybridized carbons (Fsp3) is 0.538. The van der Waals surface area contributed by atoms with E-state index >= 15 is 0 Å². The Balaban J connectivity index is 1.86. The van der Waals surface area contributed by atoms with E-state index in [-0.39, 0.29) is 5.54 Å². The molecule has 1 saturated carbocycles. The topological polar surface area (TPSA) is 61.7 Å². The molecule has 1 aliphatic carbocycles. The molecule has 0 saturated heterocycles. The minimum absolute atomic E-state index is 0.0315. The van der Waals surface area contributed by atoms with Crippen molar-refractivity contribution in [2.45, 2.75) is 44.8 Å². The van der Waals surface area contributed by atoms with E-state index in [2.05, 4.69) is 27.8 Å². The molecule has 0 radical (unpaired) electrons. The van der Waals surface area contributed by atoms with Crippen LogP contribution in [0.4, 0.5) is 0 Å². The largest absolute Gasteiger partial charge is 0.329 e. The third-order valence-corrected chi connectivity index (χ3v) is 3.80. The number of hydrogen-bond donors (Lipinski definition) is 1. The van der Waals surface area contributed by atoms with Gasteiger partial charge in [0.2, 0.25) is 0 Å². The number of imidazole rings is 1. The molecule has 2 aromatic rings. The summed E-state index contributed by atoms with van der Waals surface area (Å²) in [6.07, 6.45) is 11.2. The first-order valence-electron chi connectivity index (χ1n) is 6.52. The van der Waals surface area contributed by atoms with Crippen molar-refractivity contribution in [2.24, 2.45) is 5.73 Å². The summed E-state index contributed by atoms with van der Waals surface area (Å²) in [6, 6.07) is 0. The van der Waals surface area contributed by atoms with Crippen LogP contribution in [-0.4, -0.2) is 24.9 Å². The van der Waals surface area contributed by atoms with Crippen LogP contribution in [0, 0.1) is 0 Å². The molecule has 0 amide bonds. The number of nitrogens with zero attached hydrogens (tertiary/aromatic N) is 4. The summed E-state index contributed by atoms with van der Waals surface area (Å²) in [6.45, 7) is 3.81. The maximum atomic E-state index is 6.30. The van der Waals surface area contributed by atoms with E-state index in [0.717, 1.165) is 37.2 Å². The van der Waals surface area contributed by atoms with Gasteiger partial charge in [0, 0.05) is 30.4 Å². The summed E-state index contributed by atoms with van der Waals surface area (Å²) < 4.78 is 4.07. The zero-order valence-electron chi connectivity index (χ0n) is 10.7. The van der Waals surface area contributed by atoms with Gasteiger partial charge in [0.1, 0.15) is 0 Å². The van der Waals surface area contributed by atoms with Crippen LogP contribution in [0.3, 0.4) is 0 Å². The lowest BCUT2D eigenvalue weighted by Gasteiger charge is -2.38. The minimum Gasteiger partial charge on any atom is -0.329 e. The molecule has 5 nitrogen and oxygen atoms in total. The fourth-order valence-electron chi connectivity index (χ4n) is 2.48. The second-order valence-corrected chi connectivity index (χ2v) is 5.21. The van der Waals surface area contributed by atoms with Crippen molar-refractivity contribution < 1.29 is 0 Å². The number of nitrogens with two attached hydrogens (primary N) is 1. The highest BCUT2D eigenvalue weighted by Gasteiger charge is 2.33. The van der Waals surface area contributed by atoms with Gasteiger partial charge in [0.15, 0.2) is 0 Å². The predicted molar refractivity (Wildman–Crippen MR) is 69.9 cm³/mol. The lowest BCUT2D eigenvalue weighted by Crippen LogP contribution is -2.49. The van der Waals surface area contributed by atoms with E-state index in [1.165, 1.54) is 6.42 Å². The van der Waals surface area contributed by atoms with Gasteiger partial charge >= 0.3 is 0 Å². The van der Waals surface area contributed by atoms with Gasteiger partial charge in [-0.3, -0.25) is 4.68 Å². The van der Waals surface area contributed by atoms with E-state index in [9.17, 15) is 0 Å². The maximum absolute atomic E-state index is 6.30. The number of rotatable bonds is 4. The van der Waals surface area contributed by atoms with Crippen LogP contribution in [0.5, 0.6) is 0 Å². The minimum atomic E-state index is -0.0315. The van der Waals surface area contributed by atoms with Crippen LogP contribution in [0.15, 0.2) is 24.9 Å². The highest BCUT2D eigenvalue weighted by atomic mass is 15.3. The molecule has 2 heterocycles. The normalized spacial score (nSPS) is 17.7. The molecule has 96 valence electrons. The molecular formula is C13H19N5. The Bertz CT molecular complexity index is 535. The molecule has 0 atom stereocenters. The lowest BCUT2D eigenvalue weighted by atomic mass is 9.77. The number of hydrogen-bond acceptors (Lipinski definition) is 3. The van der Waals surface area contributed by atoms with Gasteiger partial charge in [-0.25, -0.2) is 4.98 Å². The quantitative estimate of drug-likeness (QED) is 0.891. The SMILES string of the molecule is CCn1cc(-c2cncn2CC2(N)CCC2)cn1. The van der Waals surface area contributed by atoms with Crippen molar-refractivity contribution in [3.05, 3.63) is 24.9 Å². The zero-order chi connectivity index (χ0) is 12.6. The number of aryl methyl sites for hydroxylation is 1. The Morgan fingerprint density at radius 1 is 1.39 bits per heavy atom. The second-order valence-electron chi connectivity index (χ2n) is 5.21. The van der Waals surface area contributed by atoms with Gasteiger partial charge in [-0.2, -0.15) is 5.10 Å². The van der Waals surface area contributed by atoms with Crippen LogP contribution >= 0.6 is 0 Å². The molecule has 0 unspecified atom stereocenters. The fourth-order valence-corrected chi connectivity index (χ4v) is 2.48. The molecule has 0 aliphatic heterocycles. The van der Waals surface area contributed by atoms with Crippen LogP contribution in [-0.2, 0) is 13.1 Å². The van der Waals surface area contributed by atoms with Crippen molar-refractivity contribution in [1.29, 1.82) is 0 Å². The first-order chi connectivity index (χ1) is 8.70. The zero-order valence-corrected chi connectivity index (χ0v) is 10.7. The molecule has 2 aromatic heterocycles. The average molecular weight is 245 g/mol. The molecule has 0 spiro atoms. The molecule has 18 heavy (non-hydrogen) atoms. The molecule has 0 aromatic carbocycles. The highest BCUT2D eigenvalue weighted by Crippen LogP contribution is 2.32. The molecule has 1 aliphatic rings. The molecule has 2 N–H and O–H groups in total. The van der Waals surface area contributed by atoms with Gasteiger partial charge in [0.05, 0.1) is 24.4 Å². The second kappa shape index (κ2) is 4.24. The summed E-state index contributed by atoms with van der Waals surface area (Å²) in [7, 11) is 0. The van der Waals surface area contributed by atoms with E-state index in [1.54, 1.807) is 0 Å². The van der Waals surface area contributed by atoms with Crippen LogP contribution < -0.4 is 5.73 Å². The molecule has 0 bridgehead atoms. The van der Waals surface area contributed by atoms with Crippen molar-refractivity contribution in [1.82, 2.24) is 19.3 Å². The van der Waals surface area contributed by atoms with E-state index in [1.807, 2.05) is 23.4 Å². The Hall–Kier alpha value is -1.62. The van der Waals surface area contributed by atoms with Gasteiger partial charge in [0.25, 0.3) is 0 Å². The third kappa shape index (κ3) is 1.95. The van der Waals surface area contributed by atoms with Gasteiger partial charge in [-0.05, 0) is 26.2 Å². The van der Waals surface area contributed by atoms with Crippen LogP contribution in [0.1, 0.15) is 26.2 Å². The maximum Gasteiger partial charge on any atom is 0.0951 e. The first kappa shape index (κ1) is 11.5. The van der Waals surface area contributed by atoms with Crippen molar-refractivity contribution in [2.75, 3.05) is 0 Å². The summed E-state index contributed by atoms with van der Waals surface area (Å²) in [4.78, 5) is 4.25. The van der Waals surface area contributed by atoms with Crippen molar-refractivity contribution >= 4 is 0 Å². The van der Waals surface area contributed by atoms with Crippen molar-refractivity contribution in [3.8, 4) is 11.3 Å². The third-order valence-electron chi connectivity index (χ3n) is 3.80. The van der Waals surface area contributed by atoms with Gasteiger partial charge in [-0.1, -0.05) is 0 Å². The van der Waals surface area contributed by atoms with E-state index < -0.39 is 0 Å². The van der Waals surface area contributed by atoms with E-state index in [0.29, 0.717) is 0 Å². The summed E-state index contributed by atoms with van der Waals surface area (Å²) >= 11 is 0. The highest BCUT2D eigenvalue weighted by molar-refractivity contribution is 5.56. The summed E-state index contributed by atoms with van der Waals surface area (Å²) in [5, 5.41) is 4.31. The number of aromatic nitrogens is 4. The van der Waals surface area contributed by atoms with Crippen LogP contribution in [0.2, 0.25) is 0 Å². The molecule has 3 rings (SSSR count). The van der Waals surface area contributed by atoms with Gasteiger partial charge < -0.3 is 10.3 Å². The molecular weight excluding hydrogens is 226 g/mol. The Morgan fingerprint density at radius 2 is 2.22 bits per heavy atom. The summed E-state index contributed by atoms with van der Waals surface area (Å²) in [5.74, 6) is 0. The lowest BCUT2D eigenvalue weighted by molar-refractivity contribution is 0.216. The Labute approximate surface area is 107 Å².